The van der Waals surface area contributed by atoms with Crippen molar-refractivity contribution >= 4 is 10.0 Å². The van der Waals surface area contributed by atoms with Gasteiger partial charge in [-0.1, -0.05) is 18.2 Å². The van der Waals surface area contributed by atoms with Gasteiger partial charge in [0.2, 0.25) is 0 Å². The first-order valence-electron chi connectivity index (χ1n) is 6.62. The normalized spacial score (nSPS) is 11.6. The molecule has 0 unspecified atom stereocenters. The zero-order valence-electron chi connectivity index (χ0n) is 12.2. The first-order valence-corrected chi connectivity index (χ1v) is 8.12. The largest absolute Gasteiger partial charge is 0.256 e. The van der Waals surface area contributed by atoms with E-state index in [1.165, 1.54) is 6.20 Å². The summed E-state index contributed by atoms with van der Waals surface area (Å²) in [4.78, 5) is 0. The van der Waals surface area contributed by atoms with Crippen LogP contribution in [0.15, 0.2) is 30.6 Å². The Kier molecular flexibility index (Phi) is 4.14. The van der Waals surface area contributed by atoms with Crippen LogP contribution in [0.4, 0.5) is 0 Å². The number of rotatable bonds is 4. The smallest absolute Gasteiger partial charge is 0.204 e. The average Bonchev–Trinajstić information content (AvgIpc) is 2.89. The van der Waals surface area contributed by atoms with E-state index in [0.717, 1.165) is 26.3 Å². The number of aryl methyl sites for hydroxylation is 1. The maximum absolute atomic E-state index is 12.1. The van der Waals surface area contributed by atoms with Gasteiger partial charge in [0.15, 0.2) is 0 Å². The Balaban J connectivity index is 2.41. The van der Waals surface area contributed by atoms with Crippen LogP contribution in [0, 0.1) is 18.3 Å². The van der Waals surface area contributed by atoms with Gasteiger partial charge in [-0.25, -0.2) is 8.42 Å². The highest BCUT2D eigenvalue weighted by Gasteiger charge is 2.20. The number of nitriles is 1. The highest BCUT2D eigenvalue weighted by molar-refractivity contribution is 7.90. The fraction of sp³-hybridized carbons (Fsp3) is 0.333. The molecule has 0 bridgehead atoms. The third kappa shape index (κ3) is 2.98. The summed E-state index contributed by atoms with van der Waals surface area (Å²) in [6.07, 6.45) is 3.44. The van der Waals surface area contributed by atoms with Crippen LogP contribution >= 0.6 is 0 Å². The van der Waals surface area contributed by atoms with E-state index in [2.05, 4.69) is 11.2 Å². The van der Waals surface area contributed by atoms with Gasteiger partial charge in [-0.15, -0.1) is 0 Å². The predicted molar refractivity (Wildman–Crippen MR) is 81.2 cm³/mol. The summed E-state index contributed by atoms with van der Waals surface area (Å²) in [5.41, 5.74) is 3.60. The molecule has 2 aromatic rings. The van der Waals surface area contributed by atoms with E-state index in [1.807, 2.05) is 25.1 Å². The van der Waals surface area contributed by atoms with Crippen LogP contribution < -0.4 is 0 Å². The zero-order valence-corrected chi connectivity index (χ0v) is 13.1. The lowest BCUT2D eigenvalue weighted by Crippen LogP contribution is -2.22. The Hall–Kier alpha value is -2.13. The second-order valence-corrected chi connectivity index (χ2v) is 7.53. The van der Waals surface area contributed by atoms with Crippen molar-refractivity contribution in [3.05, 3.63) is 41.7 Å². The van der Waals surface area contributed by atoms with Crippen molar-refractivity contribution in [2.45, 2.75) is 32.4 Å². The molecule has 0 spiro atoms. The minimum absolute atomic E-state index is 0.363. The summed E-state index contributed by atoms with van der Waals surface area (Å²) in [5.74, 6) is 0. The Morgan fingerprint density at radius 1 is 1.38 bits per heavy atom. The summed E-state index contributed by atoms with van der Waals surface area (Å²) in [6.45, 7) is 5.18. The summed E-state index contributed by atoms with van der Waals surface area (Å²) >= 11 is 0. The van der Waals surface area contributed by atoms with Gasteiger partial charge in [-0.3, -0.25) is 0 Å². The van der Waals surface area contributed by atoms with Gasteiger partial charge in [-0.05, 0) is 37.5 Å². The summed E-state index contributed by atoms with van der Waals surface area (Å²) in [6, 6.07) is 7.82. The Morgan fingerprint density at radius 2 is 2.10 bits per heavy atom. The van der Waals surface area contributed by atoms with E-state index >= 15 is 0 Å². The lowest BCUT2D eigenvalue weighted by atomic mass is 10.00. The van der Waals surface area contributed by atoms with E-state index in [1.54, 1.807) is 20.0 Å². The van der Waals surface area contributed by atoms with Crippen molar-refractivity contribution in [2.75, 3.05) is 0 Å². The standard InChI is InChI=1S/C15H17N3O2S/c1-11(2)21(19,20)18-10-14(9-17-18)15-5-4-13(6-7-16)8-12(15)3/h4-5,8-11H,6H2,1-3H3. The molecular formula is C15H17N3O2S. The van der Waals surface area contributed by atoms with Crippen molar-refractivity contribution in [1.82, 2.24) is 9.19 Å². The van der Waals surface area contributed by atoms with Gasteiger partial charge in [-0.2, -0.15) is 14.4 Å². The number of aromatic nitrogens is 2. The monoisotopic (exact) mass is 303 g/mol. The van der Waals surface area contributed by atoms with Gasteiger partial charge >= 0.3 is 0 Å². The topological polar surface area (TPSA) is 75.8 Å². The third-order valence-electron chi connectivity index (χ3n) is 3.30. The molecule has 5 nitrogen and oxygen atoms in total. The highest BCUT2D eigenvalue weighted by Crippen LogP contribution is 2.24. The zero-order chi connectivity index (χ0) is 15.6. The molecule has 0 saturated heterocycles. The molecule has 110 valence electrons. The van der Waals surface area contributed by atoms with Crippen molar-refractivity contribution < 1.29 is 8.42 Å². The molecule has 0 aliphatic heterocycles. The fourth-order valence-electron chi connectivity index (χ4n) is 2.05. The molecule has 0 N–H and O–H groups in total. The van der Waals surface area contributed by atoms with Crippen LogP contribution in [0.2, 0.25) is 0 Å². The molecule has 0 aliphatic rings. The van der Waals surface area contributed by atoms with Gasteiger partial charge in [0, 0.05) is 5.56 Å². The molecule has 0 radical (unpaired) electrons. The van der Waals surface area contributed by atoms with E-state index < -0.39 is 15.3 Å². The second kappa shape index (κ2) is 5.70. The van der Waals surface area contributed by atoms with Crippen molar-refractivity contribution in [1.29, 1.82) is 5.26 Å². The number of hydrogen-bond donors (Lipinski definition) is 0. The lowest BCUT2D eigenvalue weighted by Gasteiger charge is -2.07. The Labute approximate surface area is 124 Å². The Morgan fingerprint density at radius 3 is 2.67 bits per heavy atom. The van der Waals surface area contributed by atoms with Crippen molar-refractivity contribution in [3.63, 3.8) is 0 Å². The van der Waals surface area contributed by atoms with Gasteiger partial charge in [0.1, 0.15) is 0 Å². The molecule has 0 amide bonds. The summed E-state index contributed by atoms with van der Waals surface area (Å²) in [5, 5.41) is 12.1. The summed E-state index contributed by atoms with van der Waals surface area (Å²) < 4.78 is 25.2. The first-order chi connectivity index (χ1) is 9.86. The van der Waals surface area contributed by atoms with Gasteiger partial charge in [0.25, 0.3) is 10.0 Å². The van der Waals surface area contributed by atoms with Gasteiger partial charge < -0.3 is 0 Å². The Bertz CT molecular complexity index is 799. The molecule has 0 aliphatic carbocycles. The SMILES string of the molecule is Cc1cc(CC#N)ccc1-c1cnn(S(=O)(=O)C(C)C)c1. The van der Waals surface area contributed by atoms with E-state index in [4.69, 9.17) is 5.26 Å². The van der Waals surface area contributed by atoms with E-state index in [9.17, 15) is 8.42 Å². The molecule has 0 atom stereocenters. The molecule has 0 saturated carbocycles. The molecule has 0 fully saturated rings. The molecule has 21 heavy (non-hydrogen) atoms. The van der Waals surface area contributed by atoms with Crippen molar-refractivity contribution in [2.24, 2.45) is 0 Å². The molecular weight excluding hydrogens is 286 g/mol. The second-order valence-electron chi connectivity index (χ2n) is 5.18. The molecule has 6 heteroatoms. The van der Waals surface area contributed by atoms with Crippen LogP contribution in [-0.4, -0.2) is 22.9 Å². The number of benzene rings is 1. The quantitative estimate of drug-likeness (QED) is 0.869. The maximum Gasteiger partial charge on any atom is 0.256 e. The van der Waals surface area contributed by atoms with Crippen LogP contribution in [0.1, 0.15) is 25.0 Å². The van der Waals surface area contributed by atoms with Crippen molar-refractivity contribution in [3.8, 4) is 17.2 Å². The van der Waals surface area contributed by atoms with Crippen LogP contribution in [-0.2, 0) is 16.4 Å². The predicted octanol–water partition coefficient (Wildman–Crippen LogP) is 2.51. The van der Waals surface area contributed by atoms with E-state index in [0.29, 0.717) is 6.42 Å². The average molecular weight is 303 g/mol. The van der Waals surface area contributed by atoms with E-state index in [-0.39, 0.29) is 0 Å². The first kappa shape index (κ1) is 15.3. The molecule has 1 aromatic carbocycles. The number of nitrogens with zero attached hydrogens (tertiary/aromatic N) is 3. The lowest BCUT2D eigenvalue weighted by molar-refractivity contribution is 0.571. The molecule has 1 aromatic heterocycles. The minimum atomic E-state index is -3.43. The molecule has 1 heterocycles. The van der Waals surface area contributed by atoms with Crippen LogP contribution in [0.3, 0.4) is 0 Å². The van der Waals surface area contributed by atoms with Crippen LogP contribution in [0.5, 0.6) is 0 Å². The van der Waals surface area contributed by atoms with Gasteiger partial charge in [0.05, 0.1) is 30.1 Å². The summed E-state index contributed by atoms with van der Waals surface area (Å²) in [7, 11) is -3.43. The van der Waals surface area contributed by atoms with Crippen LogP contribution in [0.25, 0.3) is 11.1 Å². The number of hydrogen-bond acceptors (Lipinski definition) is 4. The third-order valence-corrected chi connectivity index (χ3v) is 5.21. The minimum Gasteiger partial charge on any atom is -0.204 e. The maximum atomic E-state index is 12.1. The highest BCUT2D eigenvalue weighted by atomic mass is 32.2. The molecule has 2 rings (SSSR count). The fourth-order valence-corrected chi connectivity index (χ4v) is 2.92.